The maximum Gasteiger partial charge on any atom is 0.330 e. The van der Waals surface area contributed by atoms with E-state index in [0.717, 1.165) is 0 Å². The Morgan fingerprint density at radius 2 is 2.11 bits per heavy atom. The average molecular weight is 260 g/mol. The molecule has 0 amide bonds. The molecule has 2 N–H and O–H groups in total. The zero-order valence-corrected chi connectivity index (χ0v) is 8.91. The Morgan fingerprint density at radius 3 is 2.61 bits per heavy atom. The number of hydrogen-bond donors (Lipinski definition) is 2. The summed E-state index contributed by atoms with van der Waals surface area (Å²) in [6, 6.07) is 0. The molecule has 0 fully saturated rings. The van der Waals surface area contributed by atoms with Crippen LogP contribution < -0.4 is 11.2 Å². The van der Waals surface area contributed by atoms with Crippen LogP contribution in [0.3, 0.4) is 0 Å². The first-order chi connectivity index (χ1) is 8.53. The van der Waals surface area contributed by atoms with Gasteiger partial charge >= 0.3 is 5.69 Å². The highest BCUT2D eigenvalue weighted by Gasteiger charge is 2.19. The number of aliphatic hydroxyl groups is 1. The zero-order chi connectivity index (χ0) is 13.7. The molecule has 0 saturated carbocycles. The van der Waals surface area contributed by atoms with E-state index < -0.39 is 36.0 Å². The highest BCUT2D eigenvalue weighted by molar-refractivity contribution is 5.58. The molecule has 2 atom stereocenters. The Kier molecular flexibility index (Phi) is 4.63. The number of halogens is 1. The number of nitrogens with zero attached hydrogens (tertiary/aromatic N) is 1. The van der Waals surface area contributed by atoms with E-state index in [1.807, 2.05) is 0 Å². The summed E-state index contributed by atoms with van der Waals surface area (Å²) in [5.41, 5.74) is -2.32. The summed E-state index contributed by atoms with van der Waals surface area (Å²) < 4.78 is 18.2. The van der Waals surface area contributed by atoms with Gasteiger partial charge in [-0.2, -0.15) is 4.39 Å². The summed E-state index contributed by atoms with van der Waals surface area (Å²) in [5, 5.41) is 8.69. The van der Waals surface area contributed by atoms with Crippen molar-refractivity contribution in [1.29, 1.82) is 0 Å². The number of aldehydes is 2. The molecule has 1 rings (SSSR count). The number of carbonyl (C=O) groups is 2. The molecule has 0 aliphatic heterocycles. The summed E-state index contributed by atoms with van der Waals surface area (Å²) in [6.45, 7) is -0.714. The first-order valence-electron chi connectivity index (χ1n) is 4.71. The topological polar surface area (TPSA) is 118 Å². The normalized spacial score (nSPS) is 13.9. The van der Waals surface area contributed by atoms with Gasteiger partial charge in [0.25, 0.3) is 5.56 Å². The van der Waals surface area contributed by atoms with Crippen LogP contribution in [0.25, 0.3) is 0 Å². The van der Waals surface area contributed by atoms with Crippen molar-refractivity contribution in [1.82, 2.24) is 9.55 Å². The number of hydrogen-bond acceptors (Lipinski definition) is 6. The third-order valence-electron chi connectivity index (χ3n) is 1.96. The van der Waals surface area contributed by atoms with Crippen LogP contribution in [0.5, 0.6) is 0 Å². The van der Waals surface area contributed by atoms with Gasteiger partial charge in [0.2, 0.25) is 5.82 Å². The van der Waals surface area contributed by atoms with Gasteiger partial charge in [-0.05, 0) is 0 Å². The quantitative estimate of drug-likeness (QED) is 0.568. The van der Waals surface area contributed by atoms with Crippen LogP contribution in [0.15, 0.2) is 15.8 Å². The molecule has 0 aromatic carbocycles. The molecular formula is C9H9FN2O6. The molecule has 0 saturated heterocycles. The van der Waals surface area contributed by atoms with Gasteiger partial charge in [-0.25, -0.2) is 4.79 Å². The number of nitrogens with one attached hydrogen (secondary N) is 1. The third-order valence-corrected chi connectivity index (χ3v) is 1.96. The lowest BCUT2D eigenvalue weighted by Crippen LogP contribution is -2.37. The molecule has 0 unspecified atom stereocenters. The maximum atomic E-state index is 13.0. The lowest BCUT2D eigenvalue weighted by atomic mass is 10.4. The number of H-pyrrole nitrogens is 1. The number of ether oxygens (including phenoxy) is 1. The minimum atomic E-state index is -1.63. The van der Waals surface area contributed by atoms with Crippen molar-refractivity contribution >= 4 is 12.6 Å². The van der Waals surface area contributed by atoms with E-state index in [1.54, 1.807) is 4.98 Å². The summed E-state index contributed by atoms with van der Waals surface area (Å²) in [6.07, 6.45) is -2.18. The van der Waals surface area contributed by atoms with Crippen LogP contribution in [0, 0.1) is 5.82 Å². The molecule has 1 aromatic rings. The Hall–Kier alpha value is -2.13. The van der Waals surface area contributed by atoms with Gasteiger partial charge < -0.3 is 14.6 Å². The Labute approximate surface area is 98.6 Å². The van der Waals surface area contributed by atoms with E-state index in [2.05, 4.69) is 0 Å². The van der Waals surface area contributed by atoms with E-state index in [1.165, 1.54) is 0 Å². The van der Waals surface area contributed by atoms with E-state index in [4.69, 9.17) is 9.84 Å². The summed E-state index contributed by atoms with van der Waals surface area (Å²) in [7, 11) is 0. The fourth-order valence-corrected chi connectivity index (χ4v) is 1.11. The summed E-state index contributed by atoms with van der Waals surface area (Å²) in [5.74, 6) is -1.29. The second-order valence-corrected chi connectivity index (χ2v) is 3.16. The molecule has 18 heavy (non-hydrogen) atoms. The number of aliphatic hydroxyl groups excluding tert-OH is 1. The van der Waals surface area contributed by atoms with E-state index in [0.29, 0.717) is 10.8 Å². The summed E-state index contributed by atoms with van der Waals surface area (Å²) >= 11 is 0. The second kappa shape index (κ2) is 5.98. The van der Waals surface area contributed by atoms with Crippen molar-refractivity contribution in [3.8, 4) is 0 Å². The lowest BCUT2D eigenvalue weighted by Gasteiger charge is -2.17. The molecule has 98 valence electrons. The minimum absolute atomic E-state index is 0.116. The highest BCUT2D eigenvalue weighted by Crippen LogP contribution is 2.05. The number of aromatic amines is 1. The first kappa shape index (κ1) is 13.9. The molecular weight excluding hydrogens is 251 g/mol. The van der Waals surface area contributed by atoms with Crippen LogP contribution in [0.4, 0.5) is 4.39 Å². The smallest absolute Gasteiger partial charge is 0.330 e. The molecule has 8 nitrogen and oxygen atoms in total. The molecule has 1 aromatic heterocycles. The van der Waals surface area contributed by atoms with E-state index >= 15 is 0 Å². The Morgan fingerprint density at radius 1 is 1.44 bits per heavy atom. The second-order valence-electron chi connectivity index (χ2n) is 3.16. The van der Waals surface area contributed by atoms with Crippen LogP contribution in [-0.4, -0.2) is 39.9 Å². The van der Waals surface area contributed by atoms with Gasteiger partial charge in [0.05, 0.1) is 12.8 Å². The predicted octanol–water partition coefficient (Wildman–Crippen LogP) is -2.05. The predicted molar refractivity (Wildman–Crippen MR) is 54.4 cm³/mol. The largest absolute Gasteiger partial charge is 0.393 e. The van der Waals surface area contributed by atoms with E-state index in [-0.39, 0.29) is 12.6 Å². The Balaban J connectivity index is 3.13. The molecule has 0 aliphatic carbocycles. The van der Waals surface area contributed by atoms with Gasteiger partial charge in [0.1, 0.15) is 6.10 Å². The van der Waals surface area contributed by atoms with Gasteiger partial charge in [-0.15, -0.1) is 0 Å². The monoisotopic (exact) mass is 260 g/mol. The van der Waals surface area contributed by atoms with Crippen LogP contribution >= 0.6 is 0 Å². The van der Waals surface area contributed by atoms with Crippen molar-refractivity contribution in [2.45, 2.75) is 12.3 Å². The van der Waals surface area contributed by atoms with Crippen molar-refractivity contribution in [2.24, 2.45) is 0 Å². The molecule has 0 bridgehead atoms. The number of carbonyl (C=O) groups excluding carboxylic acids is 2. The maximum absolute atomic E-state index is 13.0. The fraction of sp³-hybridized carbons (Fsp3) is 0.333. The number of aromatic nitrogens is 2. The van der Waals surface area contributed by atoms with Crippen LogP contribution in [0.1, 0.15) is 6.23 Å². The van der Waals surface area contributed by atoms with Crippen molar-refractivity contribution in [3.63, 3.8) is 0 Å². The third kappa shape index (κ3) is 2.96. The van der Waals surface area contributed by atoms with Crippen molar-refractivity contribution < 1.29 is 23.8 Å². The van der Waals surface area contributed by atoms with Gasteiger partial charge in [0, 0.05) is 0 Å². The molecule has 1 heterocycles. The molecule has 0 radical (unpaired) electrons. The first-order valence-corrected chi connectivity index (χ1v) is 4.71. The van der Waals surface area contributed by atoms with Crippen LogP contribution in [-0.2, 0) is 14.3 Å². The number of rotatable bonds is 6. The SMILES string of the molecule is O=C[C@H](CO)O[C@H](C=O)n1cc(F)c(=O)[nH]c1=O. The summed E-state index contributed by atoms with van der Waals surface area (Å²) in [4.78, 5) is 44.8. The van der Waals surface area contributed by atoms with Gasteiger partial charge in [-0.3, -0.25) is 19.1 Å². The minimum Gasteiger partial charge on any atom is -0.393 e. The molecule has 0 spiro atoms. The standard InChI is InChI=1S/C9H9FN2O6/c10-6-1-12(9(17)11-8(6)16)7(4-15)18-5(2-13)3-14/h1-2,4-5,7,14H,3H2,(H,11,16,17)/t5-,7-/m1/s1. The van der Waals surface area contributed by atoms with E-state index in [9.17, 15) is 23.6 Å². The highest BCUT2D eigenvalue weighted by atomic mass is 19.1. The van der Waals surface area contributed by atoms with Crippen molar-refractivity contribution in [3.05, 3.63) is 32.9 Å². The van der Waals surface area contributed by atoms with Gasteiger partial charge in [0.15, 0.2) is 18.8 Å². The van der Waals surface area contributed by atoms with Gasteiger partial charge in [-0.1, -0.05) is 0 Å². The van der Waals surface area contributed by atoms with Crippen LogP contribution in [0.2, 0.25) is 0 Å². The zero-order valence-electron chi connectivity index (χ0n) is 8.91. The molecule has 9 heteroatoms. The fourth-order valence-electron chi connectivity index (χ4n) is 1.11. The average Bonchev–Trinajstić information content (AvgIpc) is 2.36. The molecule has 0 aliphatic rings. The lowest BCUT2D eigenvalue weighted by molar-refractivity contribution is -0.140. The Bertz CT molecular complexity index is 551. The van der Waals surface area contributed by atoms with Crippen molar-refractivity contribution in [2.75, 3.05) is 6.61 Å².